The van der Waals surface area contributed by atoms with Gasteiger partial charge in [0.25, 0.3) is 5.91 Å². The van der Waals surface area contributed by atoms with Gasteiger partial charge >= 0.3 is 6.03 Å². The van der Waals surface area contributed by atoms with E-state index in [4.69, 9.17) is 9.47 Å². The third-order valence-electron chi connectivity index (χ3n) is 4.38. The van der Waals surface area contributed by atoms with Gasteiger partial charge < -0.3 is 14.8 Å². The van der Waals surface area contributed by atoms with Crippen LogP contribution in [0.15, 0.2) is 46.6 Å². The summed E-state index contributed by atoms with van der Waals surface area (Å²) in [7, 11) is 0. The van der Waals surface area contributed by atoms with Crippen LogP contribution in [0.2, 0.25) is 0 Å². The Bertz CT molecular complexity index is 993. The standard InChI is InChI=1S/C22H22BrFN2O4/c1-3-9-26-21(27)18(25-22(26)28)11-14-10-16(23)20(19(12-14)29-4-2)30-13-15-7-5-6-8-17(15)24/h5-8,10-12H,3-4,9,13H2,1-2H3,(H,25,28)/b18-11+. The minimum atomic E-state index is -0.429. The average molecular weight is 477 g/mol. The van der Waals surface area contributed by atoms with E-state index >= 15 is 0 Å². The van der Waals surface area contributed by atoms with Gasteiger partial charge in [0.2, 0.25) is 0 Å². The summed E-state index contributed by atoms with van der Waals surface area (Å²) in [5.74, 6) is 0.157. The van der Waals surface area contributed by atoms with E-state index in [-0.39, 0.29) is 24.0 Å². The monoisotopic (exact) mass is 476 g/mol. The van der Waals surface area contributed by atoms with Gasteiger partial charge in [0.05, 0.1) is 11.1 Å². The maximum atomic E-state index is 13.9. The number of benzene rings is 2. The molecular weight excluding hydrogens is 455 g/mol. The molecule has 158 valence electrons. The fourth-order valence-corrected chi connectivity index (χ4v) is 3.58. The number of ether oxygens (including phenoxy) is 2. The van der Waals surface area contributed by atoms with Crippen LogP contribution < -0.4 is 14.8 Å². The largest absolute Gasteiger partial charge is 0.490 e. The number of carbonyl (C=O) groups excluding carboxylic acids is 2. The van der Waals surface area contributed by atoms with E-state index in [1.807, 2.05) is 13.8 Å². The predicted molar refractivity (Wildman–Crippen MR) is 115 cm³/mol. The van der Waals surface area contributed by atoms with Crippen LogP contribution in [0.1, 0.15) is 31.4 Å². The third kappa shape index (κ3) is 4.81. The summed E-state index contributed by atoms with van der Waals surface area (Å²) in [6.45, 7) is 4.52. The van der Waals surface area contributed by atoms with Crippen LogP contribution >= 0.6 is 15.9 Å². The topological polar surface area (TPSA) is 67.9 Å². The number of rotatable bonds is 8. The lowest BCUT2D eigenvalue weighted by molar-refractivity contribution is -0.122. The molecule has 1 aliphatic heterocycles. The van der Waals surface area contributed by atoms with Crippen LogP contribution in [0, 0.1) is 5.82 Å². The first kappa shape index (κ1) is 21.8. The second kappa shape index (κ2) is 9.75. The minimum Gasteiger partial charge on any atom is -0.490 e. The lowest BCUT2D eigenvalue weighted by Crippen LogP contribution is -2.31. The maximum absolute atomic E-state index is 13.9. The van der Waals surface area contributed by atoms with Crippen molar-refractivity contribution in [2.24, 2.45) is 0 Å². The van der Waals surface area contributed by atoms with Crippen molar-refractivity contribution in [3.8, 4) is 11.5 Å². The average Bonchev–Trinajstić information content (AvgIpc) is 2.96. The molecule has 2 aromatic carbocycles. The van der Waals surface area contributed by atoms with Crippen LogP contribution in [0.25, 0.3) is 6.08 Å². The summed E-state index contributed by atoms with van der Waals surface area (Å²) >= 11 is 3.46. The number of nitrogens with one attached hydrogen (secondary N) is 1. The quantitative estimate of drug-likeness (QED) is 0.435. The van der Waals surface area contributed by atoms with E-state index in [0.717, 1.165) is 0 Å². The Balaban J connectivity index is 1.87. The smallest absolute Gasteiger partial charge is 0.329 e. The first-order valence-electron chi connectivity index (χ1n) is 9.61. The molecule has 0 unspecified atom stereocenters. The fraction of sp³-hybridized carbons (Fsp3) is 0.273. The molecule has 0 saturated carbocycles. The van der Waals surface area contributed by atoms with E-state index in [2.05, 4.69) is 21.2 Å². The molecule has 8 heteroatoms. The molecular formula is C22H22BrFN2O4. The maximum Gasteiger partial charge on any atom is 0.329 e. The normalized spacial score (nSPS) is 14.9. The number of hydrogen-bond acceptors (Lipinski definition) is 4. The summed E-state index contributed by atoms with van der Waals surface area (Å²) in [5, 5.41) is 2.59. The van der Waals surface area contributed by atoms with Crippen LogP contribution in [-0.2, 0) is 11.4 Å². The fourth-order valence-electron chi connectivity index (χ4n) is 3.00. The zero-order chi connectivity index (χ0) is 21.7. The number of nitrogens with zero attached hydrogens (tertiary/aromatic N) is 1. The molecule has 1 saturated heterocycles. The molecule has 30 heavy (non-hydrogen) atoms. The van der Waals surface area contributed by atoms with E-state index in [0.29, 0.717) is 46.7 Å². The SMILES string of the molecule is CCCN1C(=O)N/C(=C/c2cc(Br)c(OCc3ccccc3F)c(OCC)c2)C1=O. The van der Waals surface area contributed by atoms with Gasteiger partial charge in [-0.05, 0) is 59.1 Å². The Hall–Kier alpha value is -2.87. The molecule has 0 radical (unpaired) electrons. The summed E-state index contributed by atoms with van der Waals surface area (Å²) in [5.41, 5.74) is 1.27. The van der Waals surface area contributed by atoms with E-state index in [9.17, 15) is 14.0 Å². The number of carbonyl (C=O) groups is 2. The molecule has 0 aliphatic carbocycles. The second-order valence-electron chi connectivity index (χ2n) is 6.59. The predicted octanol–water partition coefficient (Wildman–Crippen LogP) is 4.87. The number of hydrogen-bond donors (Lipinski definition) is 1. The van der Waals surface area contributed by atoms with Crippen LogP contribution in [-0.4, -0.2) is 30.0 Å². The molecule has 1 heterocycles. The number of halogens is 2. The molecule has 2 aromatic rings. The molecule has 1 N–H and O–H groups in total. The van der Waals surface area contributed by atoms with Crippen molar-refractivity contribution in [3.63, 3.8) is 0 Å². The van der Waals surface area contributed by atoms with Crippen molar-refractivity contribution in [3.05, 3.63) is 63.5 Å². The Morgan fingerprint density at radius 3 is 2.63 bits per heavy atom. The molecule has 0 spiro atoms. The van der Waals surface area contributed by atoms with Crippen LogP contribution in [0.3, 0.4) is 0 Å². The highest BCUT2D eigenvalue weighted by atomic mass is 79.9. The van der Waals surface area contributed by atoms with Gasteiger partial charge in [-0.2, -0.15) is 0 Å². The highest BCUT2D eigenvalue weighted by molar-refractivity contribution is 9.10. The van der Waals surface area contributed by atoms with E-state index in [1.165, 1.54) is 11.0 Å². The Morgan fingerprint density at radius 2 is 1.93 bits per heavy atom. The van der Waals surface area contributed by atoms with Crippen molar-refractivity contribution in [1.82, 2.24) is 10.2 Å². The zero-order valence-corrected chi connectivity index (χ0v) is 18.3. The summed E-state index contributed by atoms with van der Waals surface area (Å²) < 4.78 is 26.0. The van der Waals surface area contributed by atoms with E-state index in [1.54, 1.807) is 36.4 Å². The van der Waals surface area contributed by atoms with Crippen molar-refractivity contribution in [1.29, 1.82) is 0 Å². The molecule has 3 amide bonds. The first-order chi connectivity index (χ1) is 14.4. The summed E-state index contributed by atoms with van der Waals surface area (Å²) in [6, 6.07) is 9.41. The van der Waals surface area contributed by atoms with Crippen LogP contribution in [0.4, 0.5) is 9.18 Å². The Morgan fingerprint density at radius 1 is 1.17 bits per heavy atom. The first-order valence-corrected chi connectivity index (χ1v) is 10.4. The molecule has 1 fully saturated rings. The lowest BCUT2D eigenvalue weighted by Gasteiger charge is -2.15. The summed E-state index contributed by atoms with van der Waals surface area (Å²) in [6.07, 6.45) is 2.27. The van der Waals surface area contributed by atoms with Crippen molar-refractivity contribution in [2.75, 3.05) is 13.2 Å². The van der Waals surface area contributed by atoms with Gasteiger partial charge in [-0.15, -0.1) is 0 Å². The van der Waals surface area contributed by atoms with Gasteiger partial charge in [0.15, 0.2) is 11.5 Å². The Labute approximate surface area is 182 Å². The highest BCUT2D eigenvalue weighted by Crippen LogP contribution is 2.38. The van der Waals surface area contributed by atoms with Crippen LogP contribution in [0.5, 0.6) is 11.5 Å². The van der Waals surface area contributed by atoms with Gasteiger partial charge in [-0.1, -0.05) is 25.1 Å². The molecule has 0 aromatic heterocycles. The summed E-state index contributed by atoms with van der Waals surface area (Å²) in [4.78, 5) is 25.6. The molecule has 3 rings (SSSR count). The lowest BCUT2D eigenvalue weighted by atomic mass is 10.1. The molecule has 6 nitrogen and oxygen atoms in total. The van der Waals surface area contributed by atoms with Gasteiger partial charge in [0.1, 0.15) is 18.1 Å². The Kier molecular flexibility index (Phi) is 7.10. The molecule has 0 bridgehead atoms. The van der Waals surface area contributed by atoms with Crippen molar-refractivity contribution >= 4 is 33.9 Å². The zero-order valence-electron chi connectivity index (χ0n) is 16.7. The van der Waals surface area contributed by atoms with Crippen molar-refractivity contribution < 1.29 is 23.5 Å². The second-order valence-corrected chi connectivity index (χ2v) is 7.44. The minimum absolute atomic E-state index is 0.0340. The molecule has 0 atom stereocenters. The van der Waals surface area contributed by atoms with E-state index < -0.39 is 6.03 Å². The van der Waals surface area contributed by atoms with Gasteiger partial charge in [-0.25, -0.2) is 9.18 Å². The number of imide groups is 1. The third-order valence-corrected chi connectivity index (χ3v) is 4.97. The van der Waals surface area contributed by atoms with Crippen molar-refractivity contribution in [2.45, 2.75) is 26.9 Å². The van der Waals surface area contributed by atoms with Gasteiger partial charge in [-0.3, -0.25) is 9.69 Å². The van der Waals surface area contributed by atoms with Gasteiger partial charge in [0, 0.05) is 12.1 Å². The highest BCUT2D eigenvalue weighted by Gasteiger charge is 2.32. The number of amides is 3. The number of urea groups is 1. The molecule has 1 aliphatic rings.